The van der Waals surface area contributed by atoms with Gasteiger partial charge >= 0.3 is 5.69 Å². The van der Waals surface area contributed by atoms with Gasteiger partial charge in [0, 0.05) is 6.07 Å². The number of hydrogen-bond donors (Lipinski definition) is 0. The normalized spacial score (nSPS) is 8.73. The van der Waals surface area contributed by atoms with Crippen molar-refractivity contribution in [2.75, 3.05) is 7.11 Å². The molecule has 0 bridgehead atoms. The summed E-state index contributed by atoms with van der Waals surface area (Å²) in [4.78, 5) is 2.92. The molecule has 0 fully saturated rings. The molecule has 0 unspecified atom stereocenters. The summed E-state index contributed by atoms with van der Waals surface area (Å²) in [6, 6.07) is 3.95. The first kappa shape index (κ1) is 7.35. The Morgan fingerprint density at radius 1 is 1.55 bits per heavy atom. The van der Waals surface area contributed by atoms with E-state index in [1.165, 1.54) is 25.3 Å². The van der Waals surface area contributed by atoms with Crippen LogP contribution in [0.4, 0.5) is 5.69 Å². The smallest absolute Gasteiger partial charge is 0.426 e. The summed E-state index contributed by atoms with van der Waals surface area (Å²) in [5.41, 5.74) is 0.257. The summed E-state index contributed by atoms with van der Waals surface area (Å²) < 4.78 is 4.76. The van der Waals surface area contributed by atoms with Crippen LogP contribution < -0.4 is 9.84 Å². The van der Waals surface area contributed by atoms with Gasteiger partial charge in [-0.25, -0.2) is 0 Å². The molecule has 0 saturated carbocycles. The number of diazo groups is 1. The van der Waals surface area contributed by atoms with Gasteiger partial charge in [-0.05, 0) is 6.07 Å². The van der Waals surface area contributed by atoms with Crippen LogP contribution in [0.15, 0.2) is 18.2 Å². The van der Waals surface area contributed by atoms with E-state index in [4.69, 9.17) is 10.1 Å². The molecule has 56 valence electrons. The zero-order chi connectivity index (χ0) is 8.27. The summed E-state index contributed by atoms with van der Waals surface area (Å²) >= 11 is 0. The summed E-state index contributed by atoms with van der Waals surface area (Å²) in [6.07, 6.45) is 0. The van der Waals surface area contributed by atoms with Crippen LogP contribution in [0.2, 0.25) is 0 Å². The third kappa shape index (κ3) is 1.38. The lowest BCUT2D eigenvalue weighted by Gasteiger charge is -2.03. The fourth-order valence-corrected chi connectivity index (χ4v) is 0.741. The van der Waals surface area contributed by atoms with Gasteiger partial charge in [0.15, 0.2) is 4.98 Å². The molecule has 0 aliphatic carbocycles. The van der Waals surface area contributed by atoms with Crippen molar-refractivity contribution in [1.82, 2.24) is 0 Å². The SMILES string of the molecule is COc1cc([O-])ccc1[N+]#N. The molecule has 1 aromatic carbocycles. The standard InChI is InChI=1S/C7H6N2O2/c1-11-7-4-5(10)2-3-6(7)9-8/h2-4H,1H3. The predicted molar refractivity (Wildman–Crippen MR) is 37.2 cm³/mol. The highest BCUT2D eigenvalue weighted by molar-refractivity contribution is 5.58. The van der Waals surface area contributed by atoms with Gasteiger partial charge in [0.25, 0.3) is 0 Å². The van der Waals surface area contributed by atoms with Gasteiger partial charge in [-0.1, -0.05) is 6.07 Å². The minimum Gasteiger partial charge on any atom is -0.872 e. The van der Waals surface area contributed by atoms with E-state index in [1.54, 1.807) is 0 Å². The lowest BCUT2D eigenvalue weighted by atomic mass is 10.3. The van der Waals surface area contributed by atoms with E-state index in [-0.39, 0.29) is 17.2 Å². The fourth-order valence-electron chi connectivity index (χ4n) is 0.741. The van der Waals surface area contributed by atoms with Gasteiger partial charge in [0.1, 0.15) is 0 Å². The van der Waals surface area contributed by atoms with Gasteiger partial charge in [0.05, 0.1) is 7.11 Å². The van der Waals surface area contributed by atoms with Crippen LogP contribution in [-0.2, 0) is 0 Å². The number of ether oxygens (including phenoxy) is 1. The van der Waals surface area contributed by atoms with E-state index in [1.807, 2.05) is 0 Å². The second kappa shape index (κ2) is 2.88. The van der Waals surface area contributed by atoms with E-state index in [9.17, 15) is 5.11 Å². The minimum atomic E-state index is -0.172. The van der Waals surface area contributed by atoms with Crippen LogP contribution >= 0.6 is 0 Å². The molecule has 0 amide bonds. The quantitative estimate of drug-likeness (QED) is 0.566. The summed E-state index contributed by atoms with van der Waals surface area (Å²) in [5, 5.41) is 19.1. The monoisotopic (exact) mass is 150 g/mol. The highest BCUT2D eigenvalue weighted by atomic mass is 16.5. The Morgan fingerprint density at radius 3 is 2.82 bits per heavy atom. The van der Waals surface area contributed by atoms with E-state index in [0.29, 0.717) is 0 Å². The first-order chi connectivity index (χ1) is 5.27. The Bertz CT molecular complexity index is 304. The molecule has 0 spiro atoms. The first-order valence-electron chi connectivity index (χ1n) is 2.98. The van der Waals surface area contributed by atoms with E-state index >= 15 is 0 Å². The number of nitrogens with zero attached hydrogens (tertiary/aromatic N) is 2. The average Bonchev–Trinajstić information content (AvgIpc) is 2.04. The van der Waals surface area contributed by atoms with E-state index < -0.39 is 0 Å². The lowest BCUT2D eigenvalue weighted by Crippen LogP contribution is -1.90. The molecule has 0 radical (unpaired) electrons. The Kier molecular flexibility index (Phi) is 1.93. The molecule has 11 heavy (non-hydrogen) atoms. The highest BCUT2D eigenvalue weighted by Crippen LogP contribution is 2.29. The van der Waals surface area contributed by atoms with Crippen molar-refractivity contribution in [2.45, 2.75) is 0 Å². The summed E-state index contributed by atoms with van der Waals surface area (Å²) in [6.45, 7) is 0. The molecule has 4 nitrogen and oxygen atoms in total. The molecule has 0 aliphatic rings. The van der Waals surface area contributed by atoms with Crippen molar-refractivity contribution in [3.8, 4) is 11.5 Å². The van der Waals surface area contributed by atoms with Crippen molar-refractivity contribution in [1.29, 1.82) is 5.39 Å². The van der Waals surface area contributed by atoms with Crippen molar-refractivity contribution in [2.24, 2.45) is 0 Å². The number of methoxy groups -OCH3 is 1. The third-order valence-corrected chi connectivity index (χ3v) is 1.26. The molecule has 0 saturated heterocycles. The average molecular weight is 150 g/mol. The second-order valence-electron chi connectivity index (χ2n) is 1.93. The first-order valence-corrected chi connectivity index (χ1v) is 2.98. The van der Waals surface area contributed by atoms with Gasteiger partial charge in [-0.2, -0.15) is 0 Å². The lowest BCUT2D eigenvalue weighted by molar-refractivity contribution is -0.268. The number of benzene rings is 1. The van der Waals surface area contributed by atoms with Crippen LogP contribution in [0.3, 0.4) is 0 Å². The number of hydrogen-bond acceptors (Lipinski definition) is 3. The Balaban J connectivity index is 3.19. The molecule has 0 heterocycles. The largest absolute Gasteiger partial charge is 0.872 e. The highest BCUT2D eigenvalue weighted by Gasteiger charge is 2.11. The molecule has 0 atom stereocenters. The maximum atomic E-state index is 10.7. The molecule has 0 N–H and O–H groups in total. The maximum Gasteiger partial charge on any atom is 0.426 e. The molecule has 1 rings (SSSR count). The predicted octanol–water partition coefficient (Wildman–Crippen LogP) is 1.25. The zero-order valence-corrected chi connectivity index (χ0v) is 5.94. The summed E-state index contributed by atoms with van der Waals surface area (Å²) in [5.74, 6) is 0.106. The van der Waals surface area contributed by atoms with Crippen LogP contribution in [0.5, 0.6) is 11.5 Å². The Morgan fingerprint density at radius 2 is 2.27 bits per heavy atom. The van der Waals surface area contributed by atoms with Gasteiger partial charge in [-0.3, -0.25) is 0 Å². The summed E-state index contributed by atoms with van der Waals surface area (Å²) in [7, 11) is 1.41. The van der Waals surface area contributed by atoms with Crippen LogP contribution in [-0.4, -0.2) is 7.11 Å². The van der Waals surface area contributed by atoms with Crippen LogP contribution in [0.25, 0.3) is 4.98 Å². The van der Waals surface area contributed by atoms with Crippen molar-refractivity contribution < 1.29 is 9.84 Å². The van der Waals surface area contributed by atoms with Crippen molar-refractivity contribution in [3.05, 3.63) is 23.2 Å². The maximum absolute atomic E-state index is 10.7. The van der Waals surface area contributed by atoms with E-state index in [2.05, 4.69) is 4.98 Å². The van der Waals surface area contributed by atoms with Gasteiger partial charge in [0.2, 0.25) is 11.1 Å². The Labute approximate surface area is 63.7 Å². The van der Waals surface area contributed by atoms with Crippen LogP contribution in [0, 0.1) is 5.39 Å². The molecular formula is C7H6N2O2. The Hall–Kier alpha value is -1.76. The second-order valence-corrected chi connectivity index (χ2v) is 1.93. The van der Waals surface area contributed by atoms with Gasteiger partial charge < -0.3 is 9.84 Å². The molecular weight excluding hydrogens is 144 g/mol. The van der Waals surface area contributed by atoms with Crippen LogP contribution in [0.1, 0.15) is 0 Å². The molecule has 1 aromatic rings. The molecule has 0 aliphatic heterocycles. The third-order valence-electron chi connectivity index (χ3n) is 1.26. The molecule has 0 aromatic heterocycles. The molecule has 4 heteroatoms. The fraction of sp³-hybridized carbons (Fsp3) is 0.143. The van der Waals surface area contributed by atoms with Crippen molar-refractivity contribution in [3.63, 3.8) is 0 Å². The zero-order valence-electron chi connectivity index (χ0n) is 5.94. The minimum absolute atomic E-state index is 0.172. The van der Waals surface area contributed by atoms with Gasteiger partial charge in [-0.15, -0.1) is 5.75 Å². The topological polar surface area (TPSA) is 60.4 Å². The number of rotatable bonds is 1. The van der Waals surface area contributed by atoms with Crippen molar-refractivity contribution >= 4 is 5.69 Å². The van der Waals surface area contributed by atoms with E-state index in [0.717, 1.165) is 0 Å².